The third-order valence-corrected chi connectivity index (χ3v) is 7.15. The molecule has 0 amide bonds. The van der Waals surface area contributed by atoms with Gasteiger partial charge >= 0.3 is 12.1 Å². The minimum atomic E-state index is -4.54. The number of hydrogen-bond acceptors (Lipinski definition) is 5. The van der Waals surface area contributed by atoms with Crippen LogP contribution in [0.1, 0.15) is 27.2 Å². The maximum atomic E-state index is 13.5. The van der Waals surface area contributed by atoms with Crippen LogP contribution in [0.5, 0.6) is 5.75 Å². The highest BCUT2D eigenvalue weighted by molar-refractivity contribution is 7.90. The summed E-state index contributed by atoms with van der Waals surface area (Å²) in [5.41, 5.74) is 1.94. The van der Waals surface area contributed by atoms with Crippen LogP contribution in [-0.4, -0.2) is 32.3 Å². The fourth-order valence-corrected chi connectivity index (χ4v) is 4.65. The third-order valence-electron chi connectivity index (χ3n) is 6.03. The van der Waals surface area contributed by atoms with Crippen molar-refractivity contribution in [2.45, 2.75) is 24.6 Å². The Labute approximate surface area is 218 Å². The summed E-state index contributed by atoms with van der Waals surface area (Å²) in [6.45, 7) is 1.58. The number of carbonyl (C=O) groups is 1. The summed E-state index contributed by atoms with van der Waals surface area (Å²) in [7, 11) is -1.96. The summed E-state index contributed by atoms with van der Waals surface area (Å²) in [4.78, 5) is 12.8. The average molecular weight is 544 g/mol. The first-order valence-corrected chi connectivity index (χ1v) is 13.3. The summed E-state index contributed by atoms with van der Waals surface area (Å²) < 4.78 is 76.4. The lowest BCUT2D eigenvalue weighted by Gasteiger charge is -2.15. The van der Waals surface area contributed by atoms with Gasteiger partial charge in [0, 0.05) is 23.2 Å². The Kier molecular flexibility index (Phi) is 7.37. The predicted octanol–water partition coefficient (Wildman–Crippen LogP) is 6.24. The highest BCUT2D eigenvalue weighted by Gasteiger charge is 2.31. The van der Waals surface area contributed by atoms with Crippen LogP contribution >= 0.6 is 0 Å². The molecule has 0 saturated heterocycles. The number of halogens is 3. The van der Waals surface area contributed by atoms with Gasteiger partial charge in [0.2, 0.25) is 0 Å². The lowest BCUT2D eigenvalue weighted by molar-refractivity contribution is -0.137. The van der Waals surface area contributed by atoms with Gasteiger partial charge in [0.15, 0.2) is 9.84 Å². The summed E-state index contributed by atoms with van der Waals surface area (Å²) in [6, 6.07) is 19.1. The van der Waals surface area contributed by atoms with Crippen LogP contribution in [-0.2, 0) is 27.4 Å². The molecule has 0 spiro atoms. The Bertz CT molecular complexity index is 1590. The van der Waals surface area contributed by atoms with Crippen LogP contribution in [0.2, 0.25) is 0 Å². The van der Waals surface area contributed by atoms with E-state index >= 15 is 0 Å². The molecule has 0 aliphatic carbocycles. The SMILES string of the molecule is COc1cccc(C(=O)OCc2cc(-c3ccc(S(C)(=O)=O)cc3)n(-c3cccc(C(F)(F)F)c3)c2C)c1. The molecule has 1 aromatic heterocycles. The van der Waals surface area contributed by atoms with E-state index in [1.54, 1.807) is 54.0 Å². The Balaban J connectivity index is 1.76. The number of esters is 1. The number of sulfone groups is 1. The van der Waals surface area contributed by atoms with E-state index in [0.717, 1.165) is 18.4 Å². The molecule has 6 nitrogen and oxygen atoms in total. The number of hydrogen-bond donors (Lipinski definition) is 0. The molecule has 0 aliphatic rings. The third kappa shape index (κ3) is 5.75. The molecular formula is C28H24F3NO5S. The van der Waals surface area contributed by atoms with Gasteiger partial charge in [-0.1, -0.05) is 24.3 Å². The van der Waals surface area contributed by atoms with Crippen molar-refractivity contribution in [3.63, 3.8) is 0 Å². The van der Waals surface area contributed by atoms with Gasteiger partial charge in [-0.2, -0.15) is 13.2 Å². The van der Waals surface area contributed by atoms with Gasteiger partial charge in [-0.25, -0.2) is 13.2 Å². The van der Waals surface area contributed by atoms with Gasteiger partial charge in [-0.15, -0.1) is 0 Å². The predicted molar refractivity (Wildman–Crippen MR) is 136 cm³/mol. The van der Waals surface area contributed by atoms with Gasteiger partial charge in [0.25, 0.3) is 0 Å². The van der Waals surface area contributed by atoms with Crippen molar-refractivity contribution in [1.82, 2.24) is 4.57 Å². The van der Waals surface area contributed by atoms with Crippen molar-refractivity contribution in [1.29, 1.82) is 0 Å². The van der Waals surface area contributed by atoms with Crippen LogP contribution in [0, 0.1) is 6.92 Å². The van der Waals surface area contributed by atoms with Crippen molar-refractivity contribution in [3.8, 4) is 22.7 Å². The van der Waals surface area contributed by atoms with Gasteiger partial charge < -0.3 is 14.0 Å². The molecule has 0 fully saturated rings. The molecule has 4 aromatic rings. The fourth-order valence-electron chi connectivity index (χ4n) is 4.02. The minimum absolute atomic E-state index is 0.114. The summed E-state index contributed by atoms with van der Waals surface area (Å²) in [5, 5.41) is 0. The van der Waals surface area contributed by atoms with E-state index in [1.165, 1.54) is 31.4 Å². The number of ether oxygens (including phenoxy) is 2. The van der Waals surface area contributed by atoms with E-state index in [4.69, 9.17) is 9.47 Å². The molecule has 0 aliphatic heterocycles. The smallest absolute Gasteiger partial charge is 0.416 e. The molecule has 38 heavy (non-hydrogen) atoms. The molecule has 3 aromatic carbocycles. The molecule has 198 valence electrons. The van der Waals surface area contributed by atoms with Gasteiger partial charge in [-0.05, 0) is 67.1 Å². The van der Waals surface area contributed by atoms with E-state index in [9.17, 15) is 26.4 Å². The lowest BCUT2D eigenvalue weighted by atomic mass is 10.1. The Morgan fingerprint density at radius 2 is 1.63 bits per heavy atom. The quantitative estimate of drug-likeness (QED) is 0.258. The molecule has 0 N–H and O–H groups in total. The topological polar surface area (TPSA) is 74.6 Å². The lowest BCUT2D eigenvalue weighted by Crippen LogP contribution is -2.08. The number of methoxy groups -OCH3 is 1. The van der Waals surface area contributed by atoms with Gasteiger partial charge in [-0.3, -0.25) is 0 Å². The van der Waals surface area contributed by atoms with E-state index in [-0.39, 0.29) is 22.8 Å². The maximum absolute atomic E-state index is 13.5. The first kappa shape index (κ1) is 27.0. The number of aromatic nitrogens is 1. The van der Waals surface area contributed by atoms with E-state index in [2.05, 4.69) is 0 Å². The monoisotopic (exact) mass is 543 g/mol. The minimum Gasteiger partial charge on any atom is -0.497 e. The number of carbonyl (C=O) groups excluding carboxylic acids is 1. The fraction of sp³-hybridized carbons (Fsp3) is 0.179. The van der Waals surface area contributed by atoms with Crippen molar-refractivity contribution in [2.75, 3.05) is 13.4 Å². The normalized spacial score (nSPS) is 11.8. The number of rotatable bonds is 7. The first-order valence-electron chi connectivity index (χ1n) is 11.4. The average Bonchev–Trinajstić information content (AvgIpc) is 3.22. The summed E-state index contributed by atoms with van der Waals surface area (Å²) in [6.07, 6.45) is -3.45. The second-order valence-corrected chi connectivity index (χ2v) is 10.6. The highest BCUT2D eigenvalue weighted by atomic mass is 32.2. The summed E-state index contributed by atoms with van der Waals surface area (Å²) >= 11 is 0. The van der Waals surface area contributed by atoms with Crippen molar-refractivity contribution in [3.05, 3.63) is 101 Å². The molecule has 0 atom stereocenters. The molecular weight excluding hydrogens is 519 g/mol. The van der Waals surface area contributed by atoms with Crippen molar-refractivity contribution >= 4 is 15.8 Å². The Hall–Kier alpha value is -4.05. The second kappa shape index (κ2) is 10.4. The van der Waals surface area contributed by atoms with Crippen LogP contribution in [0.25, 0.3) is 16.9 Å². The molecule has 4 rings (SSSR count). The maximum Gasteiger partial charge on any atom is 0.416 e. The zero-order valence-corrected chi connectivity index (χ0v) is 21.6. The standard InChI is InChI=1S/C28H24F3NO5S/c1-18-21(17-37-27(33)20-6-4-9-24(14-20)36-2)15-26(19-10-12-25(13-11-19)38(3,34)35)32(18)23-8-5-7-22(16-23)28(29,30)31/h4-16H,17H2,1-3H3. The molecule has 0 saturated carbocycles. The zero-order valence-electron chi connectivity index (χ0n) is 20.7. The van der Waals surface area contributed by atoms with Crippen LogP contribution in [0.4, 0.5) is 13.2 Å². The Morgan fingerprint density at radius 1 is 0.947 bits per heavy atom. The van der Waals surface area contributed by atoms with Crippen LogP contribution < -0.4 is 4.74 Å². The molecule has 1 heterocycles. The van der Waals surface area contributed by atoms with Gasteiger partial charge in [0.1, 0.15) is 12.4 Å². The molecule has 0 bridgehead atoms. The molecule has 0 unspecified atom stereocenters. The largest absolute Gasteiger partial charge is 0.497 e. The summed E-state index contributed by atoms with van der Waals surface area (Å²) in [5.74, 6) is -0.0969. The number of nitrogens with zero attached hydrogens (tertiary/aromatic N) is 1. The molecule has 0 radical (unpaired) electrons. The Morgan fingerprint density at radius 3 is 2.26 bits per heavy atom. The number of alkyl halides is 3. The van der Waals surface area contributed by atoms with Crippen LogP contribution in [0.15, 0.2) is 83.8 Å². The first-order chi connectivity index (χ1) is 17.9. The van der Waals surface area contributed by atoms with Crippen LogP contribution in [0.3, 0.4) is 0 Å². The van der Waals surface area contributed by atoms with Gasteiger partial charge in [0.05, 0.1) is 28.8 Å². The number of benzene rings is 3. The van der Waals surface area contributed by atoms with Crippen molar-refractivity contribution < 1.29 is 35.9 Å². The highest BCUT2D eigenvalue weighted by Crippen LogP contribution is 2.34. The van der Waals surface area contributed by atoms with E-state index < -0.39 is 27.5 Å². The molecule has 10 heteroatoms. The van der Waals surface area contributed by atoms with E-state index in [1.807, 2.05) is 0 Å². The second-order valence-electron chi connectivity index (χ2n) is 8.63. The van der Waals surface area contributed by atoms with Crippen molar-refractivity contribution in [2.24, 2.45) is 0 Å². The van der Waals surface area contributed by atoms with E-state index in [0.29, 0.717) is 28.3 Å². The zero-order chi connectivity index (χ0) is 27.7.